The first-order chi connectivity index (χ1) is 9.38. The van der Waals surface area contributed by atoms with E-state index in [2.05, 4.69) is 17.6 Å². The van der Waals surface area contributed by atoms with Crippen molar-refractivity contribution in [3.8, 4) is 11.5 Å². The van der Waals surface area contributed by atoms with Crippen molar-refractivity contribution in [3.63, 3.8) is 0 Å². The number of ether oxygens (including phenoxy) is 2. The lowest BCUT2D eigenvalue weighted by molar-refractivity contribution is 0.171. The van der Waals surface area contributed by atoms with Crippen LogP contribution >= 0.6 is 0 Å². The summed E-state index contributed by atoms with van der Waals surface area (Å²) >= 11 is 0. The summed E-state index contributed by atoms with van der Waals surface area (Å²) in [5.74, 6) is 9.98. The first-order valence-electron chi connectivity index (χ1n) is 7.24. The maximum Gasteiger partial charge on any atom is 0.161 e. The van der Waals surface area contributed by atoms with Gasteiger partial charge in [-0.2, -0.15) is 0 Å². The zero-order valence-corrected chi connectivity index (χ0v) is 11.0. The summed E-state index contributed by atoms with van der Waals surface area (Å²) in [7, 11) is 0. The van der Waals surface area contributed by atoms with Gasteiger partial charge in [0.15, 0.2) is 11.5 Å². The molecule has 0 spiro atoms. The monoisotopic (exact) mass is 260 g/mol. The van der Waals surface area contributed by atoms with Gasteiger partial charge in [-0.05, 0) is 48.3 Å². The van der Waals surface area contributed by atoms with Crippen molar-refractivity contribution in [1.82, 2.24) is 5.43 Å². The Morgan fingerprint density at radius 3 is 2.58 bits per heavy atom. The molecule has 4 heteroatoms. The van der Waals surface area contributed by atoms with Crippen LogP contribution in [-0.4, -0.2) is 13.2 Å². The normalized spacial score (nSPS) is 32.8. The molecule has 19 heavy (non-hydrogen) atoms. The van der Waals surface area contributed by atoms with Gasteiger partial charge in [0.05, 0.1) is 0 Å². The van der Waals surface area contributed by atoms with E-state index in [1.54, 1.807) is 0 Å². The highest BCUT2D eigenvalue weighted by atomic mass is 16.6. The summed E-state index contributed by atoms with van der Waals surface area (Å²) in [6.07, 6.45) is 4.14. The molecule has 1 aromatic rings. The quantitative estimate of drug-likeness (QED) is 0.645. The second-order valence-electron chi connectivity index (χ2n) is 5.88. The van der Waals surface area contributed by atoms with Crippen molar-refractivity contribution < 1.29 is 9.47 Å². The van der Waals surface area contributed by atoms with Crippen molar-refractivity contribution in [1.29, 1.82) is 0 Å². The van der Waals surface area contributed by atoms with E-state index in [-0.39, 0.29) is 6.04 Å². The van der Waals surface area contributed by atoms with Crippen LogP contribution in [0.2, 0.25) is 0 Å². The fourth-order valence-corrected chi connectivity index (χ4v) is 4.05. The second kappa shape index (κ2) is 4.39. The van der Waals surface area contributed by atoms with Gasteiger partial charge in [0.25, 0.3) is 0 Å². The number of hydrogen-bond donors (Lipinski definition) is 2. The highest BCUT2D eigenvalue weighted by Gasteiger charge is 2.56. The predicted molar refractivity (Wildman–Crippen MR) is 71.8 cm³/mol. The molecule has 2 saturated carbocycles. The molecule has 0 bridgehead atoms. The first-order valence-corrected chi connectivity index (χ1v) is 7.24. The smallest absolute Gasteiger partial charge is 0.161 e. The number of benzene rings is 1. The van der Waals surface area contributed by atoms with E-state index < -0.39 is 0 Å². The van der Waals surface area contributed by atoms with Gasteiger partial charge in [0.2, 0.25) is 0 Å². The van der Waals surface area contributed by atoms with E-state index >= 15 is 0 Å². The maximum atomic E-state index is 5.80. The first kappa shape index (κ1) is 11.6. The van der Waals surface area contributed by atoms with Crippen LogP contribution in [-0.2, 0) is 0 Å². The Kier molecular flexibility index (Phi) is 2.67. The van der Waals surface area contributed by atoms with E-state index in [1.807, 2.05) is 6.07 Å². The molecule has 2 aliphatic carbocycles. The van der Waals surface area contributed by atoms with Gasteiger partial charge in [-0.3, -0.25) is 11.3 Å². The van der Waals surface area contributed by atoms with Crippen LogP contribution in [0.15, 0.2) is 18.2 Å². The lowest BCUT2D eigenvalue weighted by Crippen LogP contribution is -2.31. The van der Waals surface area contributed by atoms with Crippen LogP contribution in [0.4, 0.5) is 0 Å². The van der Waals surface area contributed by atoms with Crippen LogP contribution in [0.3, 0.4) is 0 Å². The molecule has 0 aromatic heterocycles. The summed E-state index contributed by atoms with van der Waals surface area (Å²) < 4.78 is 11.2. The molecule has 1 aromatic carbocycles. The Balaban J connectivity index is 1.60. The van der Waals surface area contributed by atoms with Gasteiger partial charge in [0, 0.05) is 6.04 Å². The minimum Gasteiger partial charge on any atom is -0.486 e. The molecule has 3 N–H and O–H groups in total. The SMILES string of the molecule is NNC(c1ccc2c(c1)OCCO2)C1C2CCCC21. The Hall–Kier alpha value is -1.26. The van der Waals surface area contributed by atoms with Gasteiger partial charge in [-0.15, -0.1) is 0 Å². The summed E-state index contributed by atoms with van der Waals surface area (Å²) in [5.41, 5.74) is 4.25. The topological polar surface area (TPSA) is 56.5 Å². The van der Waals surface area contributed by atoms with Crippen LogP contribution in [0, 0.1) is 17.8 Å². The van der Waals surface area contributed by atoms with Crippen LogP contribution in [0.1, 0.15) is 30.9 Å². The summed E-state index contributed by atoms with van der Waals surface area (Å²) in [5, 5.41) is 0. The molecule has 0 saturated heterocycles. The zero-order valence-electron chi connectivity index (χ0n) is 11.0. The molecule has 0 amide bonds. The number of nitrogens with two attached hydrogens (primary N) is 1. The highest BCUT2D eigenvalue weighted by molar-refractivity contribution is 5.45. The zero-order chi connectivity index (χ0) is 12.8. The number of fused-ring (bicyclic) bond motifs is 2. The van der Waals surface area contributed by atoms with Crippen molar-refractivity contribution in [2.24, 2.45) is 23.6 Å². The number of rotatable bonds is 3. The standard InChI is InChI=1S/C15H20N2O2/c16-17-15(14-10-2-1-3-11(10)14)9-4-5-12-13(8-9)19-7-6-18-12/h4-5,8,10-11,14-15,17H,1-3,6-7,16H2. The van der Waals surface area contributed by atoms with Gasteiger partial charge in [0.1, 0.15) is 13.2 Å². The lowest BCUT2D eigenvalue weighted by Gasteiger charge is -2.22. The van der Waals surface area contributed by atoms with Crippen molar-refractivity contribution in [3.05, 3.63) is 23.8 Å². The Morgan fingerprint density at radius 1 is 1.11 bits per heavy atom. The molecule has 3 unspecified atom stereocenters. The van der Waals surface area contributed by atoms with Gasteiger partial charge >= 0.3 is 0 Å². The maximum absolute atomic E-state index is 5.80. The van der Waals surface area contributed by atoms with E-state index in [0.29, 0.717) is 19.1 Å². The largest absolute Gasteiger partial charge is 0.486 e. The number of hydrazine groups is 1. The van der Waals surface area contributed by atoms with E-state index in [1.165, 1.54) is 24.8 Å². The average Bonchev–Trinajstić information content (AvgIpc) is 2.92. The molecule has 102 valence electrons. The van der Waals surface area contributed by atoms with Gasteiger partial charge in [-0.1, -0.05) is 12.5 Å². The lowest BCUT2D eigenvalue weighted by atomic mass is 9.97. The van der Waals surface area contributed by atoms with Crippen molar-refractivity contribution >= 4 is 0 Å². The molecule has 3 aliphatic rings. The molecule has 0 radical (unpaired) electrons. The van der Waals surface area contributed by atoms with Crippen LogP contribution < -0.4 is 20.7 Å². The summed E-state index contributed by atoms with van der Waals surface area (Å²) in [6.45, 7) is 1.27. The summed E-state index contributed by atoms with van der Waals surface area (Å²) in [4.78, 5) is 0. The Bertz CT molecular complexity index is 481. The number of nitrogens with one attached hydrogen (secondary N) is 1. The minimum absolute atomic E-state index is 0.256. The van der Waals surface area contributed by atoms with E-state index in [4.69, 9.17) is 15.3 Å². The average molecular weight is 260 g/mol. The van der Waals surface area contributed by atoms with Crippen LogP contribution in [0.5, 0.6) is 11.5 Å². The molecule has 4 rings (SSSR count). The molecule has 1 aliphatic heterocycles. The minimum atomic E-state index is 0.256. The third kappa shape index (κ3) is 1.82. The third-order valence-corrected chi connectivity index (χ3v) is 4.96. The second-order valence-corrected chi connectivity index (χ2v) is 5.88. The number of hydrogen-bond acceptors (Lipinski definition) is 4. The molecular formula is C15H20N2O2. The fourth-order valence-electron chi connectivity index (χ4n) is 4.05. The Labute approximate surface area is 113 Å². The van der Waals surface area contributed by atoms with Gasteiger partial charge in [-0.25, -0.2) is 0 Å². The predicted octanol–water partition coefficient (Wildman–Crippen LogP) is 2.01. The molecule has 3 atom stereocenters. The van der Waals surface area contributed by atoms with Gasteiger partial charge < -0.3 is 9.47 Å². The van der Waals surface area contributed by atoms with E-state index in [9.17, 15) is 0 Å². The molecule has 2 fully saturated rings. The van der Waals surface area contributed by atoms with Crippen LogP contribution in [0.25, 0.3) is 0 Å². The fraction of sp³-hybridized carbons (Fsp3) is 0.600. The molecule has 4 nitrogen and oxygen atoms in total. The van der Waals surface area contributed by atoms with Crippen molar-refractivity contribution in [2.75, 3.05) is 13.2 Å². The van der Waals surface area contributed by atoms with Crippen molar-refractivity contribution in [2.45, 2.75) is 25.3 Å². The molecule has 1 heterocycles. The van der Waals surface area contributed by atoms with E-state index in [0.717, 1.165) is 23.3 Å². The highest BCUT2D eigenvalue weighted by Crippen LogP contribution is 2.62. The third-order valence-electron chi connectivity index (χ3n) is 4.96. The Morgan fingerprint density at radius 2 is 1.84 bits per heavy atom. The molecular weight excluding hydrogens is 240 g/mol. The summed E-state index contributed by atoms with van der Waals surface area (Å²) in [6, 6.07) is 6.47.